The second-order valence-corrected chi connectivity index (χ2v) is 5.83. The summed E-state index contributed by atoms with van der Waals surface area (Å²) in [5.41, 5.74) is 2.49. The largest absolute Gasteiger partial charge is 0.461 e. The summed E-state index contributed by atoms with van der Waals surface area (Å²) in [6, 6.07) is 26.0. The van der Waals surface area contributed by atoms with Gasteiger partial charge in [-0.15, -0.1) is 0 Å². The molecule has 0 heterocycles. The van der Waals surface area contributed by atoms with Gasteiger partial charge in [-0.2, -0.15) is 0 Å². The minimum absolute atomic E-state index is 0.0538. The Morgan fingerprint density at radius 1 is 0.800 bits per heavy atom. The van der Waals surface area contributed by atoms with Crippen LogP contribution in [-0.2, 0) is 16.1 Å². The molecule has 0 saturated carbocycles. The van der Waals surface area contributed by atoms with E-state index < -0.39 is 0 Å². The molecule has 2 nitrogen and oxygen atoms in total. The van der Waals surface area contributed by atoms with Gasteiger partial charge in [-0.25, -0.2) is 4.39 Å². The van der Waals surface area contributed by atoms with Gasteiger partial charge in [0, 0.05) is 11.5 Å². The molecule has 0 aliphatic carbocycles. The average molecular weight is 334 g/mol. The fourth-order valence-electron chi connectivity index (χ4n) is 2.80. The first kappa shape index (κ1) is 16.9. The number of benzene rings is 3. The molecule has 0 radical (unpaired) electrons. The third kappa shape index (κ3) is 4.54. The molecule has 0 saturated heterocycles. The van der Waals surface area contributed by atoms with Crippen LogP contribution in [0.5, 0.6) is 0 Å². The van der Waals surface area contributed by atoms with Crippen LogP contribution in [-0.4, -0.2) is 5.97 Å². The Labute approximate surface area is 146 Å². The summed E-state index contributed by atoms with van der Waals surface area (Å²) in [6.07, 6.45) is 0.211. The van der Waals surface area contributed by atoms with Gasteiger partial charge >= 0.3 is 5.97 Å². The van der Waals surface area contributed by atoms with Gasteiger partial charge in [-0.05, 0) is 17.2 Å². The number of ether oxygens (including phenoxy) is 1. The summed E-state index contributed by atoms with van der Waals surface area (Å²) < 4.78 is 18.9. The van der Waals surface area contributed by atoms with Crippen molar-refractivity contribution in [3.63, 3.8) is 0 Å². The predicted molar refractivity (Wildman–Crippen MR) is 95.5 cm³/mol. The van der Waals surface area contributed by atoms with Crippen LogP contribution in [0.4, 0.5) is 4.39 Å². The third-order valence-electron chi connectivity index (χ3n) is 4.12. The highest BCUT2D eigenvalue weighted by molar-refractivity contribution is 5.71. The molecule has 0 aliphatic heterocycles. The number of carbonyl (C=O) groups excluding carboxylic acids is 1. The Bertz CT molecular complexity index is 776. The first-order valence-corrected chi connectivity index (χ1v) is 8.23. The summed E-state index contributed by atoms with van der Waals surface area (Å²) in [4.78, 5) is 12.3. The number of hydrogen-bond acceptors (Lipinski definition) is 2. The zero-order valence-corrected chi connectivity index (χ0v) is 13.8. The third-order valence-corrected chi connectivity index (χ3v) is 4.12. The highest BCUT2D eigenvalue weighted by Crippen LogP contribution is 2.28. The molecule has 0 bridgehead atoms. The second kappa shape index (κ2) is 8.25. The molecular formula is C22H19FO2. The molecule has 0 aromatic heterocycles. The van der Waals surface area contributed by atoms with Crippen molar-refractivity contribution in [2.45, 2.75) is 18.9 Å². The molecule has 0 aliphatic rings. The van der Waals surface area contributed by atoms with E-state index >= 15 is 0 Å². The van der Waals surface area contributed by atoms with Crippen molar-refractivity contribution in [2.24, 2.45) is 0 Å². The fourth-order valence-corrected chi connectivity index (χ4v) is 2.80. The SMILES string of the molecule is O=C(CC(c1ccccc1)c1ccccc1)OCc1ccccc1F. The Balaban J connectivity index is 1.72. The molecule has 3 heteroatoms. The van der Waals surface area contributed by atoms with Crippen molar-refractivity contribution < 1.29 is 13.9 Å². The van der Waals surface area contributed by atoms with Crippen molar-refractivity contribution >= 4 is 5.97 Å². The molecule has 3 aromatic carbocycles. The van der Waals surface area contributed by atoms with Crippen LogP contribution < -0.4 is 0 Å². The molecule has 126 valence electrons. The minimum atomic E-state index is -0.363. The van der Waals surface area contributed by atoms with E-state index in [0.29, 0.717) is 5.56 Å². The van der Waals surface area contributed by atoms with Crippen LogP contribution in [0.25, 0.3) is 0 Å². The van der Waals surface area contributed by atoms with Crippen LogP contribution in [0.1, 0.15) is 29.0 Å². The summed E-state index contributed by atoms with van der Waals surface area (Å²) in [5, 5.41) is 0. The normalized spacial score (nSPS) is 10.6. The highest BCUT2D eigenvalue weighted by atomic mass is 19.1. The molecular weight excluding hydrogens is 315 g/mol. The van der Waals surface area contributed by atoms with Crippen molar-refractivity contribution in [3.05, 3.63) is 107 Å². The molecule has 0 amide bonds. The van der Waals surface area contributed by atoms with E-state index in [1.165, 1.54) is 6.07 Å². The Morgan fingerprint density at radius 2 is 1.32 bits per heavy atom. The molecule has 0 spiro atoms. The zero-order chi connectivity index (χ0) is 17.5. The first-order valence-electron chi connectivity index (χ1n) is 8.23. The standard InChI is InChI=1S/C22H19FO2/c23-21-14-8-7-13-19(21)16-25-22(24)15-20(17-9-3-1-4-10-17)18-11-5-2-6-12-18/h1-14,20H,15-16H2. The molecule has 25 heavy (non-hydrogen) atoms. The molecule has 0 unspecified atom stereocenters. The van der Waals surface area contributed by atoms with Crippen LogP contribution >= 0.6 is 0 Å². The average Bonchev–Trinajstić information content (AvgIpc) is 2.67. The van der Waals surface area contributed by atoms with Gasteiger partial charge in [0.1, 0.15) is 12.4 Å². The summed E-state index contributed by atoms with van der Waals surface area (Å²) >= 11 is 0. The number of rotatable bonds is 6. The fraction of sp³-hybridized carbons (Fsp3) is 0.136. The summed E-state index contributed by atoms with van der Waals surface area (Å²) in [6.45, 7) is -0.0538. The van der Waals surface area contributed by atoms with Gasteiger partial charge in [0.25, 0.3) is 0 Å². The van der Waals surface area contributed by atoms with Gasteiger partial charge < -0.3 is 4.74 Å². The lowest BCUT2D eigenvalue weighted by Gasteiger charge is -2.17. The topological polar surface area (TPSA) is 26.3 Å². The van der Waals surface area contributed by atoms with E-state index in [0.717, 1.165) is 11.1 Å². The molecule has 3 rings (SSSR count). The van der Waals surface area contributed by atoms with Crippen LogP contribution in [0.2, 0.25) is 0 Å². The summed E-state index contributed by atoms with van der Waals surface area (Å²) in [5.74, 6) is -0.797. The van der Waals surface area contributed by atoms with Crippen molar-refractivity contribution in [1.29, 1.82) is 0 Å². The quantitative estimate of drug-likeness (QED) is 0.587. The molecule has 0 atom stereocenters. The van der Waals surface area contributed by atoms with E-state index in [2.05, 4.69) is 0 Å². The van der Waals surface area contributed by atoms with E-state index in [1.807, 2.05) is 60.7 Å². The predicted octanol–water partition coefficient (Wildman–Crippen LogP) is 5.09. The maximum Gasteiger partial charge on any atom is 0.307 e. The first-order chi connectivity index (χ1) is 12.2. The van der Waals surface area contributed by atoms with Crippen molar-refractivity contribution in [2.75, 3.05) is 0 Å². The smallest absolute Gasteiger partial charge is 0.307 e. The Hall–Kier alpha value is -2.94. The number of hydrogen-bond donors (Lipinski definition) is 0. The van der Waals surface area contributed by atoms with Crippen LogP contribution in [0.3, 0.4) is 0 Å². The van der Waals surface area contributed by atoms with Crippen LogP contribution in [0.15, 0.2) is 84.9 Å². The minimum Gasteiger partial charge on any atom is -0.461 e. The Morgan fingerprint density at radius 3 is 1.88 bits per heavy atom. The van der Waals surface area contributed by atoms with Gasteiger partial charge in [-0.1, -0.05) is 78.9 Å². The van der Waals surface area contributed by atoms with Crippen LogP contribution in [0, 0.1) is 5.82 Å². The number of esters is 1. The second-order valence-electron chi connectivity index (χ2n) is 5.83. The van der Waals surface area contributed by atoms with E-state index in [9.17, 15) is 9.18 Å². The van der Waals surface area contributed by atoms with Crippen molar-refractivity contribution in [3.8, 4) is 0 Å². The van der Waals surface area contributed by atoms with Gasteiger partial charge in [0.2, 0.25) is 0 Å². The number of halogens is 1. The maximum absolute atomic E-state index is 13.6. The zero-order valence-electron chi connectivity index (χ0n) is 13.8. The lowest BCUT2D eigenvalue weighted by atomic mass is 9.89. The molecule has 3 aromatic rings. The van der Waals surface area contributed by atoms with Gasteiger partial charge in [-0.3, -0.25) is 4.79 Å². The highest BCUT2D eigenvalue weighted by Gasteiger charge is 2.19. The van der Waals surface area contributed by atoms with Crippen molar-refractivity contribution in [1.82, 2.24) is 0 Å². The summed E-state index contributed by atoms with van der Waals surface area (Å²) in [7, 11) is 0. The molecule has 0 N–H and O–H groups in total. The number of carbonyl (C=O) groups is 1. The monoisotopic (exact) mass is 334 g/mol. The molecule has 0 fully saturated rings. The van der Waals surface area contributed by atoms with E-state index in [-0.39, 0.29) is 30.7 Å². The lowest BCUT2D eigenvalue weighted by Crippen LogP contribution is -2.12. The van der Waals surface area contributed by atoms with E-state index in [4.69, 9.17) is 4.74 Å². The van der Waals surface area contributed by atoms with E-state index in [1.54, 1.807) is 18.2 Å². The van der Waals surface area contributed by atoms with Gasteiger partial charge in [0.05, 0.1) is 6.42 Å². The maximum atomic E-state index is 13.6. The lowest BCUT2D eigenvalue weighted by molar-refractivity contribution is -0.145. The van der Waals surface area contributed by atoms with Gasteiger partial charge in [0.15, 0.2) is 0 Å². The Kier molecular flexibility index (Phi) is 5.57.